The van der Waals surface area contributed by atoms with Crippen LogP contribution in [0, 0.1) is 5.92 Å². The number of benzene rings is 1. The molecule has 0 aliphatic carbocycles. The van der Waals surface area contributed by atoms with Crippen LogP contribution in [0.25, 0.3) is 0 Å². The average molecular weight is 292 g/mol. The summed E-state index contributed by atoms with van der Waals surface area (Å²) in [7, 11) is 1.79. The normalized spacial score (nSPS) is 12.0. The van der Waals surface area contributed by atoms with Crippen molar-refractivity contribution in [1.29, 1.82) is 0 Å². The number of rotatable bonds is 8. The van der Waals surface area contributed by atoms with Crippen molar-refractivity contribution >= 4 is 6.03 Å². The molecule has 4 heteroatoms. The van der Waals surface area contributed by atoms with E-state index in [9.17, 15) is 4.79 Å². The van der Waals surface area contributed by atoms with E-state index in [1.54, 1.807) is 11.9 Å². The van der Waals surface area contributed by atoms with Crippen molar-refractivity contribution in [3.63, 3.8) is 0 Å². The minimum atomic E-state index is -0.0390. The molecule has 0 aromatic heterocycles. The van der Waals surface area contributed by atoms with E-state index in [-0.39, 0.29) is 12.1 Å². The van der Waals surface area contributed by atoms with Gasteiger partial charge in [0.05, 0.1) is 6.54 Å². The maximum atomic E-state index is 12.0. The van der Waals surface area contributed by atoms with E-state index in [0.717, 1.165) is 18.6 Å². The molecule has 4 nitrogen and oxygen atoms in total. The Labute approximate surface area is 128 Å². The highest BCUT2D eigenvalue weighted by molar-refractivity contribution is 5.74. The van der Waals surface area contributed by atoms with Crippen LogP contribution in [0.5, 0.6) is 5.75 Å². The Morgan fingerprint density at radius 3 is 2.48 bits per heavy atom. The zero-order valence-corrected chi connectivity index (χ0v) is 13.6. The summed E-state index contributed by atoms with van der Waals surface area (Å²) < 4.78 is 5.59. The summed E-state index contributed by atoms with van der Waals surface area (Å²) in [5.41, 5.74) is 0. The third kappa shape index (κ3) is 7.59. The largest absolute Gasteiger partial charge is 0.492 e. The number of likely N-dealkylation sites (N-methyl/N-ethyl adjacent to an activating group) is 1. The molecule has 0 aliphatic rings. The van der Waals surface area contributed by atoms with Crippen LogP contribution >= 0.6 is 0 Å². The fraction of sp³-hybridized carbons (Fsp3) is 0.588. The van der Waals surface area contributed by atoms with Gasteiger partial charge >= 0.3 is 6.03 Å². The van der Waals surface area contributed by atoms with Gasteiger partial charge in [0.25, 0.3) is 0 Å². The van der Waals surface area contributed by atoms with E-state index in [0.29, 0.717) is 19.1 Å². The number of nitrogens with zero attached hydrogens (tertiary/aromatic N) is 1. The zero-order chi connectivity index (χ0) is 15.7. The van der Waals surface area contributed by atoms with E-state index in [1.807, 2.05) is 30.3 Å². The molecule has 21 heavy (non-hydrogen) atoms. The SMILES string of the molecule is CC(C)CCC(C)NC(=O)N(C)CCOc1ccccc1. The minimum absolute atomic E-state index is 0.0390. The van der Waals surface area contributed by atoms with E-state index < -0.39 is 0 Å². The molecule has 0 radical (unpaired) electrons. The van der Waals surface area contributed by atoms with E-state index >= 15 is 0 Å². The lowest BCUT2D eigenvalue weighted by Gasteiger charge is -2.22. The summed E-state index contributed by atoms with van der Waals surface area (Å²) in [6, 6.07) is 9.80. The van der Waals surface area contributed by atoms with Crippen LogP contribution in [0.1, 0.15) is 33.6 Å². The smallest absolute Gasteiger partial charge is 0.317 e. The molecule has 0 heterocycles. The first-order chi connectivity index (χ1) is 9.99. The number of nitrogens with one attached hydrogen (secondary N) is 1. The number of ether oxygens (including phenoxy) is 1. The third-order valence-corrected chi connectivity index (χ3v) is 3.33. The topological polar surface area (TPSA) is 41.6 Å². The van der Waals surface area contributed by atoms with Gasteiger partial charge in [0.15, 0.2) is 0 Å². The summed E-state index contributed by atoms with van der Waals surface area (Å²) in [5, 5.41) is 3.02. The van der Waals surface area contributed by atoms with Gasteiger partial charge < -0.3 is 15.0 Å². The summed E-state index contributed by atoms with van der Waals surface area (Å²) in [6.07, 6.45) is 2.14. The molecule has 2 amide bonds. The van der Waals surface area contributed by atoms with Crippen molar-refractivity contribution in [3.8, 4) is 5.75 Å². The molecule has 118 valence electrons. The molecule has 0 bridgehead atoms. The average Bonchev–Trinajstić information content (AvgIpc) is 2.46. The van der Waals surface area contributed by atoms with Gasteiger partial charge in [-0.25, -0.2) is 4.79 Å². The number of carbonyl (C=O) groups is 1. The van der Waals surface area contributed by atoms with Crippen LogP contribution in [-0.2, 0) is 0 Å². The van der Waals surface area contributed by atoms with Crippen molar-refractivity contribution in [2.45, 2.75) is 39.7 Å². The van der Waals surface area contributed by atoms with Gasteiger partial charge in [0.2, 0.25) is 0 Å². The number of hydrogen-bond acceptors (Lipinski definition) is 2. The van der Waals surface area contributed by atoms with Crippen LogP contribution in [0.15, 0.2) is 30.3 Å². The van der Waals surface area contributed by atoms with Crippen molar-refractivity contribution in [2.24, 2.45) is 5.92 Å². The second kappa shape index (κ2) is 9.27. The monoisotopic (exact) mass is 292 g/mol. The molecule has 0 aliphatic heterocycles. The van der Waals surface area contributed by atoms with E-state index in [2.05, 4.69) is 26.1 Å². The predicted molar refractivity (Wildman–Crippen MR) is 86.6 cm³/mol. The molecule has 0 saturated heterocycles. The van der Waals surface area contributed by atoms with Crippen LogP contribution in [0.3, 0.4) is 0 Å². The second-order valence-corrected chi connectivity index (χ2v) is 5.90. The molecule has 1 N–H and O–H groups in total. The van der Waals surface area contributed by atoms with E-state index in [1.165, 1.54) is 0 Å². The van der Waals surface area contributed by atoms with E-state index in [4.69, 9.17) is 4.74 Å². The predicted octanol–water partition coefficient (Wildman–Crippen LogP) is 3.53. The highest BCUT2D eigenvalue weighted by atomic mass is 16.5. The molecule has 0 saturated carbocycles. The molecule has 0 fully saturated rings. The van der Waals surface area contributed by atoms with Gasteiger partial charge in [-0.1, -0.05) is 32.0 Å². The van der Waals surface area contributed by atoms with Crippen LogP contribution in [-0.4, -0.2) is 37.2 Å². The Balaban J connectivity index is 2.21. The summed E-state index contributed by atoms with van der Waals surface area (Å²) in [5.74, 6) is 1.50. The maximum Gasteiger partial charge on any atom is 0.317 e. The number of para-hydroxylation sites is 1. The first kappa shape index (κ1) is 17.3. The molecule has 1 atom stereocenters. The standard InChI is InChI=1S/C17H28N2O2/c1-14(2)10-11-15(3)18-17(20)19(4)12-13-21-16-8-6-5-7-9-16/h5-9,14-15H,10-13H2,1-4H3,(H,18,20). The molecule has 1 rings (SSSR count). The van der Waals surface area contributed by atoms with Crippen LogP contribution in [0.2, 0.25) is 0 Å². The number of hydrogen-bond donors (Lipinski definition) is 1. The summed E-state index contributed by atoms with van der Waals surface area (Å²) >= 11 is 0. The molecular formula is C17H28N2O2. The first-order valence-electron chi connectivity index (χ1n) is 7.68. The number of amides is 2. The first-order valence-corrected chi connectivity index (χ1v) is 7.68. The van der Waals surface area contributed by atoms with Gasteiger partial charge in [-0.05, 0) is 37.8 Å². The Bertz CT molecular complexity index is 407. The Hall–Kier alpha value is -1.71. The maximum absolute atomic E-state index is 12.0. The number of urea groups is 1. The lowest BCUT2D eigenvalue weighted by Crippen LogP contribution is -2.43. The Morgan fingerprint density at radius 1 is 1.19 bits per heavy atom. The highest BCUT2D eigenvalue weighted by Gasteiger charge is 2.12. The molecule has 0 spiro atoms. The van der Waals surface area contributed by atoms with Gasteiger partial charge in [0, 0.05) is 13.1 Å². The van der Waals surface area contributed by atoms with Crippen molar-refractivity contribution in [3.05, 3.63) is 30.3 Å². The van der Waals surface area contributed by atoms with Crippen LogP contribution < -0.4 is 10.1 Å². The Kier molecular flexibility index (Phi) is 7.65. The quantitative estimate of drug-likeness (QED) is 0.796. The van der Waals surface area contributed by atoms with Gasteiger partial charge in [-0.3, -0.25) is 0 Å². The van der Waals surface area contributed by atoms with Crippen molar-refractivity contribution in [1.82, 2.24) is 10.2 Å². The fourth-order valence-corrected chi connectivity index (χ4v) is 1.90. The lowest BCUT2D eigenvalue weighted by molar-refractivity contribution is 0.191. The summed E-state index contributed by atoms with van der Waals surface area (Å²) in [6.45, 7) is 7.50. The minimum Gasteiger partial charge on any atom is -0.492 e. The molecular weight excluding hydrogens is 264 g/mol. The fourth-order valence-electron chi connectivity index (χ4n) is 1.90. The van der Waals surface area contributed by atoms with Gasteiger partial charge in [-0.2, -0.15) is 0 Å². The molecule has 1 unspecified atom stereocenters. The highest BCUT2D eigenvalue weighted by Crippen LogP contribution is 2.08. The zero-order valence-electron chi connectivity index (χ0n) is 13.6. The molecule has 1 aromatic rings. The summed E-state index contributed by atoms with van der Waals surface area (Å²) in [4.78, 5) is 13.7. The van der Waals surface area contributed by atoms with Crippen molar-refractivity contribution in [2.75, 3.05) is 20.2 Å². The van der Waals surface area contributed by atoms with Crippen LogP contribution in [0.4, 0.5) is 4.79 Å². The van der Waals surface area contributed by atoms with Crippen molar-refractivity contribution < 1.29 is 9.53 Å². The van der Waals surface area contributed by atoms with Gasteiger partial charge in [0.1, 0.15) is 12.4 Å². The van der Waals surface area contributed by atoms with Gasteiger partial charge in [-0.15, -0.1) is 0 Å². The Morgan fingerprint density at radius 2 is 1.86 bits per heavy atom. The lowest BCUT2D eigenvalue weighted by atomic mass is 10.0. The number of carbonyl (C=O) groups excluding carboxylic acids is 1. The molecule has 1 aromatic carbocycles. The second-order valence-electron chi connectivity index (χ2n) is 5.90. The third-order valence-electron chi connectivity index (χ3n) is 3.33.